The van der Waals surface area contributed by atoms with Crippen LogP contribution in [0.4, 0.5) is 11.4 Å². The number of rotatable bonds is 6. The van der Waals surface area contributed by atoms with Gasteiger partial charge in [-0.15, -0.1) is 0 Å². The molecule has 3 rings (SSSR count). The Kier molecular flexibility index (Phi) is 5.60. The van der Waals surface area contributed by atoms with Crippen LogP contribution in [0, 0.1) is 24.0 Å². The number of halogens is 1. The van der Waals surface area contributed by atoms with E-state index in [0.29, 0.717) is 22.0 Å². The molecule has 3 aromatic rings. The van der Waals surface area contributed by atoms with Gasteiger partial charge in [0.05, 0.1) is 4.92 Å². The van der Waals surface area contributed by atoms with Gasteiger partial charge >= 0.3 is 0 Å². The number of aryl methyl sites for hydroxylation is 2. The highest BCUT2D eigenvalue weighted by Gasteiger charge is 2.13. The summed E-state index contributed by atoms with van der Waals surface area (Å²) in [6.45, 7) is 3.69. The van der Waals surface area contributed by atoms with Crippen molar-refractivity contribution in [1.29, 1.82) is 0 Å². The maximum absolute atomic E-state index is 12.4. The monoisotopic (exact) mass is 400 g/mol. The average molecular weight is 401 g/mol. The first-order valence-electron chi connectivity index (χ1n) is 8.32. The molecule has 9 heteroatoms. The van der Waals surface area contributed by atoms with Crippen molar-refractivity contribution in [2.45, 2.75) is 20.6 Å². The molecule has 0 spiro atoms. The molecule has 0 atom stereocenters. The van der Waals surface area contributed by atoms with E-state index in [-0.39, 0.29) is 18.1 Å². The normalized spacial score (nSPS) is 10.5. The van der Waals surface area contributed by atoms with Crippen molar-refractivity contribution in [3.63, 3.8) is 0 Å². The van der Waals surface area contributed by atoms with Crippen LogP contribution >= 0.6 is 11.6 Å². The predicted octanol–water partition coefficient (Wildman–Crippen LogP) is 4.35. The molecule has 8 nitrogen and oxygen atoms in total. The van der Waals surface area contributed by atoms with Crippen molar-refractivity contribution in [3.05, 3.63) is 80.6 Å². The van der Waals surface area contributed by atoms with E-state index in [1.54, 1.807) is 31.3 Å². The van der Waals surface area contributed by atoms with E-state index >= 15 is 0 Å². The second-order valence-electron chi connectivity index (χ2n) is 6.14. The summed E-state index contributed by atoms with van der Waals surface area (Å²) >= 11 is 5.99. The number of aromatic nitrogens is 2. The molecule has 0 unspecified atom stereocenters. The minimum atomic E-state index is -0.484. The van der Waals surface area contributed by atoms with Crippen LogP contribution in [0.1, 0.15) is 21.6 Å². The van der Waals surface area contributed by atoms with Crippen LogP contribution in [0.5, 0.6) is 5.75 Å². The molecule has 0 aliphatic heterocycles. The van der Waals surface area contributed by atoms with Gasteiger partial charge in [-0.25, -0.2) is 4.68 Å². The molecular weight excluding hydrogens is 384 g/mol. The molecule has 0 bridgehead atoms. The molecule has 0 aliphatic carbocycles. The summed E-state index contributed by atoms with van der Waals surface area (Å²) in [4.78, 5) is 22.7. The smallest absolute Gasteiger partial charge is 0.276 e. The zero-order valence-electron chi connectivity index (χ0n) is 15.2. The SMILES string of the molecule is Cc1cc(OCn2ccc(C(=O)Nc3ccc([N+](=O)[O-])cc3C)n2)ccc1Cl. The summed E-state index contributed by atoms with van der Waals surface area (Å²) in [5.41, 5.74) is 2.14. The maximum atomic E-state index is 12.4. The van der Waals surface area contributed by atoms with E-state index in [2.05, 4.69) is 10.4 Å². The molecule has 0 radical (unpaired) electrons. The summed E-state index contributed by atoms with van der Waals surface area (Å²) in [7, 11) is 0. The third-order valence-electron chi connectivity index (χ3n) is 4.04. The van der Waals surface area contributed by atoms with Gasteiger partial charge in [0.2, 0.25) is 0 Å². The number of anilines is 1. The van der Waals surface area contributed by atoms with Crippen molar-refractivity contribution in [1.82, 2.24) is 9.78 Å². The van der Waals surface area contributed by atoms with Crippen LogP contribution in [0.3, 0.4) is 0 Å². The number of amides is 1. The lowest BCUT2D eigenvalue weighted by atomic mass is 10.1. The number of hydrogen-bond acceptors (Lipinski definition) is 5. The van der Waals surface area contributed by atoms with Gasteiger partial charge in [0, 0.05) is 29.0 Å². The minimum Gasteiger partial charge on any atom is -0.471 e. The van der Waals surface area contributed by atoms with E-state index in [4.69, 9.17) is 16.3 Å². The number of benzene rings is 2. The number of nitrogens with zero attached hydrogens (tertiary/aromatic N) is 3. The third kappa shape index (κ3) is 4.47. The lowest BCUT2D eigenvalue weighted by Gasteiger charge is -2.08. The lowest BCUT2D eigenvalue weighted by Crippen LogP contribution is -2.15. The van der Waals surface area contributed by atoms with E-state index < -0.39 is 10.8 Å². The Morgan fingerprint density at radius 2 is 2.00 bits per heavy atom. The summed E-state index contributed by atoms with van der Waals surface area (Å²) < 4.78 is 7.13. The Morgan fingerprint density at radius 1 is 1.21 bits per heavy atom. The zero-order chi connectivity index (χ0) is 20.3. The molecular formula is C19H17ClN4O4. The Bertz CT molecular complexity index is 1050. The highest BCUT2D eigenvalue weighted by Crippen LogP contribution is 2.22. The molecule has 0 saturated heterocycles. The Morgan fingerprint density at radius 3 is 2.68 bits per heavy atom. The second kappa shape index (κ2) is 8.10. The van der Waals surface area contributed by atoms with E-state index in [9.17, 15) is 14.9 Å². The fourth-order valence-electron chi connectivity index (χ4n) is 2.49. The Balaban J connectivity index is 1.63. The summed E-state index contributed by atoms with van der Waals surface area (Å²) in [5, 5.41) is 18.3. The molecule has 0 saturated carbocycles. The molecule has 1 N–H and O–H groups in total. The number of nitrogens with one attached hydrogen (secondary N) is 1. The third-order valence-corrected chi connectivity index (χ3v) is 4.46. The van der Waals surface area contributed by atoms with Crippen LogP contribution in [0.15, 0.2) is 48.7 Å². The quantitative estimate of drug-likeness (QED) is 0.489. The van der Waals surface area contributed by atoms with Gasteiger partial charge in [0.25, 0.3) is 11.6 Å². The van der Waals surface area contributed by atoms with Crippen LogP contribution in [0.2, 0.25) is 5.02 Å². The summed E-state index contributed by atoms with van der Waals surface area (Å²) in [5.74, 6) is 0.225. The number of ether oxygens (including phenoxy) is 1. The first kappa shape index (κ1) is 19.4. The standard InChI is InChI=1S/C19H17ClN4O4/c1-12-10-15(4-5-16(12)20)28-11-23-8-7-18(22-23)19(25)21-17-6-3-14(24(26)27)9-13(17)2/h3-10H,11H2,1-2H3,(H,21,25). The topological polar surface area (TPSA) is 99.3 Å². The minimum absolute atomic E-state index is 0.0330. The van der Waals surface area contributed by atoms with Crippen LogP contribution < -0.4 is 10.1 Å². The van der Waals surface area contributed by atoms with Crippen LogP contribution in [0.25, 0.3) is 0 Å². The summed E-state index contributed by atoms with van der Waals surface area (Å²) in [6.07, 6.45) is 1.63. The second-order valence-corrected chi connectivity index (χ2v) is 6.54. The van der Waals surface area contributed by atoms with Gasteiger partial charge in [-0.3, -0.25) is 14.9 Å². The zero-order valence-corrected chi connectivity index (χ0v) is 15.9. The van der Waals surface area contributed by atoms with Gasteiger partial charge in [-0.2, -0.15) is 5.10 Å². The number of non-ortho nitro benzene ring substituents is 1. The molecule has 1 heterocycles. The molecule has 28 heavy (non-hydrogen) atoms. The van der Waals surface area contributed by atoms with Crippen LogP contribution in [-0.4, -0.2) is 20.6 Å². The largest absolute Gasteiger partial charge is 0.471 e. The first-order valence-corrected chi connectivity index (χ1v) is 8.70. The number of carbonyl (C=O) groups is 1. The van der Waals surface area contributed by atoms with Crippen LogP contribution in [-0.2, 0) is 6.73 Å². The van der Waals surface area contributed by atoms with Gasteiger partial charge in [-0.05, 0) is 55.3 Å². The number of nitro benzene ring substituents is 1. The molecule has 1 aromatic heterocycles. The number of hydrogen-bond donors (Lipinski definition) is 1. The van der Waals surface area contributed by atoms with Crippen molar-refractivity contribution < 1.29 is 14.5 Å². The lowest BCUT2D eigenvalue weighted by molar-refractivity contribution is -0.384. The first-order chi connectivity index (χ1) is 13.3. The fourth-order valence-corrected chi connectivity index (χ4v) is 2.61. The molecule has 2 aromatic carbocycles. The van der Waals surface area contributed by atoms with Crippen molar-refractivity contribution in [2.24, 2.45) is 0 Å². The predicted molar refractivity (Wildman–Crippen MR) is 105 cm³/mol. The van der Waals surface area contributed by atoms with Crippen molar-refractivity contribution in [3.8, 4) is 5.75 Å². The highest BCUT2D eigenvalue weighted by molar-refractivity contribution is 6.31. The van der Waals surface area contributed by atoms with Gasteiger partial charge in [-0.1, -0.05) is 11.6 Å². The molecule has 0 fully saturated rings. The highest BCUT2D eigenvalue weighted by atomic mass is 35.5. The van der Waals surface area contributed by atoms with E-state index in [1.165, 1.54) is 22.9 Å². The van der Waals surface area contributed by atoms with Gasteiger partial charge in [0.1, 0.15) is 5.75 Å². The maximum Gasteiger partial charge on any atom is 0.276 e. The number of nitro groups is 1. The molecule has 0 aliphatic rings. The summed E-state index contributed by atoms with van der Waals surface area (Å²) in [6, 6.07) is 11.1. The van der Waals surface area contributed by atoms with Gasteiger partial charge < -0.3 is 10.1 Å². The van der Waals surface area contributed by atoms with E-state index in [0.717, 1.165) is 5.56 Å². The van der Waals surface area contributed by atoms with Crippen molar-refractivity contribution >= 4 is 28.9 Å². The fraction of sp³-hybridized carbons (Fsp3) is 0.158. The Labute approximate surface area is 165 Å². The van der Waals surface area contributed by atoms with E-state index in [1.807, 2.05) is 13.0 Å². The average Bonchev–Trinajstić information content (AvgIpc) is 3.13. The molecule has 144 valence electrons. The van der Waals surface area contributed by atoms with Crippen molar-refractivity contribution in [2.75, 3.05) is 5.32 Å². The number of carbonyl (C=O) groups excluding carboxylic acids is 1. The molecule has 1 amide bonds. The van der Waals surface area contributed by atoms with Gasteiger partial charge in [0.15, 0.2) is 12.4 Å². The Hall–Kier alpha value is -3.39.